The van der Waals surface area contributed by atoms with Crippen LogP contribution >= 0.6 is 0 Å². The Hall–Kier alpha value is -4.53. The van der Waals surface area contributed by atoms with Gasteiger partial charge >= 0.3 is 0 Å². The van der Waals surface area contributed by atoms with E-state index in [4.69, 9.17) is 18.9 Å². The van der Waals surface area contributed by atoms with E-state index in [-0.39, 0.29) is 5.91 Å². The van der Waals surface area contributed by atoms with Gasteiger partial charge in [0, 0.05) is 22.8 Å². The molecular formula is C25H24N4O5. The highest BCUT2D eigenvalue weighted by Crippen LogP contribution is 2.35. The number of benzene rings is 3. The third-order valence-corrected chi connectivity index (χ3v) is 5.19. The summed E-state index contributed by atoms with van der Waals surface area (Å²) >= 11 is 0. The van der Waals surface area contributed by atoms with E-state index >= 15 is 0 Å². The number of carbonyl (C=O) groups excluding carboxylic acids is 1. The van der Waals surface area contributed by atoms with E-state index in [2.05, 4.69) is 20.6 Å². The molecule has 0 radical (unpaired) electrons. The number of rotatable bonds is 8. The van der Waals surface area contributed by atoms with Crippen molar-refractivity contribution in [2.45, 2.75) is 0 Å². The highest BCUT2D eigenvalue weighted by Gasteiger charge is 2.16. The van der Waals surface area contributed by atoms with Gasteiger partial charge in [-0.1, -0.05) is 6.07 Å². The van der Waals surface area contributed by atoms with E-state index in [0.29, 0.717) is 45.6 Å². The second kappa shape index (κ2) is 9.95. The Balaban J connectivity index is 1.54. The van der Waals surface area contributed by atoms with Crippen molar-refractivity contribution in [3.63, 3.8) is 0 Å². The smallest absolute Gasteiger partial charge is 0.259 e. The lowest BCUT2D eigenvalue weighted by Crippen LogP contribution is -2.13. The fraction of sp³-hybridized carbons (Fsp3) is 0.160. The fourth-order valence-corrected chi connectivity index (χ4v) is 3.52. The molecular weight excluding hydrogens is 436 g/mol. The topological polar surface area (TPSA) is 104 Å². The van der Waals surface area contributed by atoms with Gasteiger partial charge in [0.25, 0.3) is 5.91 Å². The SMILES string of the molecule is COc1cc2ncnc(Nc3ccc(NC(=O)c4cccc(OC)c4OC)cc3)c2cc1OC. The average Bonchev–Trinajstić information content (AvgIpc) is 2.88. The predicted molar refractivity (Wildman–Crippen MR) is 130 cm³/mol. The van der Waals surface area contributed by atoms with Crippen LogP contribution in [0.2, 0.25) is 0 Å². The maximum Gasteiger partial charge on any atom is 0.259 e. The summed E-state index contributed by atoms with van der Waals surface area (Å²) in [6.45, 7) is 0. The molecule has 0 atom stereocenters. The van der Waals surface area contributed by atoms with Crippen LogP contribution in [0.15, 0.2) is 60.9 Å². The fourth-order valence-electron chi connectivity index (χ4n) is 3.52. The number of amides is 1. The minimum atomic E-state index is -0.306. The van der Waals surface area contributed by atoms with Crippen LogP contribution in [0.3, 0.4) is 0 Å². The van der Waals surface area contributed by atoms with Gasteiger partial charge in [0.05, 0.1) is 39.5 Å². The first-order valence-corrected chi connectivity index (χ1v) is 10.3. The lowest BCUT2D eigenvalue weighted by molar-refractivity contribution is 0.102. The van der Waals surface area contributed by atoms with Crippen LogP contribution < -0.4 is 29.6 Å². The Bertz CT molecular complexity index is 1330. The number of anilines is 3. The van der Waals surface area contributed by atoms with Crippen molar-refractivity contribution < 1.29 is 23.7 Å². The number of ether oxygens (including phenoxy) is 4. The lowest BCUT2D eigenvalue weighted by Gasteiger charge is -2.13. The van der Waals surface area contributed by atoms with E-state index in [1.165, 1.54) is 20.5 Å². The van der Waals surface area contributed by atoms with E-state index in [9.17, 15) is 4.79 Å². The molecule has 0 saturated heterocycles. The highest BCUT2D eigenvalue weighted by molar-refractivity contribution is 6.06. The van der Waals surface area contributed by atoms with E-state index in [1.807, 2.05) is 18.2 Å². The number of aromatic nitrogens is 2. The molecule has 174 valence electrons. The molecule has 0 bridgehead atoms. The van der Waals surface area contributed by atoms with Gasteiger partial charge in [-0.2, -0.15) is 0 Å². The van der Waals surface area contributed by atoms with Crippen molar-refractivity contribution in [3.8, 4) is 23.0 Å². The zero-order valence-corrected chi connectivity index (χ0v) is 19.2. The van der Waals surface area contributed by atoms with Crippen LogP contribution in [-0.4, -0.2) is 44.3 Å². The Morgan fingerprint density at radius 3 is 2.12 bits per heavy atom. The Morgan fingerprint density at radius 1 is 0.765 bits per heavy atom. The third-order valence-electron chi connectivity index (χ3n) is 5.19. The molecule has 2 N–H and O–H groups in total. The van der Waals surface area contributed by atoms with Gasteiger partial charge < -0.3 is 29.6 Å². The monoisotopic (exact) mass is 460 g/mol. The predicted octanol–water partition coefficient (Wildman–Crippen LogP) is 4.66. The minimum absolute atomic E-state index is 0.306. The van der Waals surface area contributed by atoms with E-state index in [0.717, 1.165) is 11.1 Å². The number of hydrogen-bond acceptors (Lipinski definition) is 8. The zero-order valence-electron chi connectivity index (χ0n) is 19.2. The maximum absolute atomic E-state index is 12.8. The number of para-hydroxylation sites is 1. The molecule has 0 aliphatic rings. The summed E-state index contributed by atoms with van der Waals surface area (Å²) < 4.78 is 21.4. The molecule has 0 spiro atoms. The van der Waals surface area contributed by atoms with Gasteiger partial charge in [0.2, 0.25) is 0 Å². The quantitative estimate of drug-likeness (QED) is 0.391. The van der Waals surface area contributed by atoms with E-state index < -0.39 is 0 Å². The molecule has 34 heavy (non-hydrogen) atoms. The van der Waals surface area contributed by atoms with Crippen molar-refractivity contribution in [2.24, 2.45) is 0 Å². The van der Waals surface area contributed by atoms with Crippen molar-refractivity contribution in [2.75, 3.05) is 39.1 Å². The van der Waals surface area contributed by atoms with Crippen molar-refractivity contribution in [3.05, 3.63) is 66.5 Å². The molecule has 0 aliphatic heterocycles. The third kappa shape index (κ3) is 4.49. The molecule has 1 heterocycles. The number of hydrogen-bond donors (Lipinski definition) is 2. The van der Waals surface area contributed by atoms with Crippen LogP contribution in [0, 0.1) is 0 Å². The van der Waals surface area contributed by atoms with Gasteiger partial charge in [0.15, 0.2) is 23.0 Å². The molecule has 0 unspecified atom stereocenters. The van der Waals surface area contributed by atoms with Crippen LogP contribution in [0.1, 0.15) is 10.4 Å². The molecule has 1 aromatic heterocycles. The summed E-state index contributed by atoms with van der Waals surface area (Å²) in [6, 6.07) is 16.0. The summed E-state index contributed by atoms with van der Waals surface area (Å²) in [7, 11) is 6.18. The number of carbonyl (C=O) groups is 1. The average molecular weight is 460 g/mol. The molecule has 0 saturated carbocycles. The van der Waals surface area contributed by atoms with Gasteiger partial charge in [0.1, 0.15) is 12.1 Å². The first-order valence-electron chi connectivity index (χ1n) is 10.3. The van der Waals surface area contributed by atoms with Gasteiger partial charge in [-0.25, -0.2) is 9.97 Å². The second-order valence-electron chi connectivity index (χ2n) is 7.14. The molecule has 4 rings (SSSR count). The number of nitrogens with zero attached hydrogens (tertiary/aromatic N) is 2. The molecule has 3 aromatic carbocycles. The van der Waals surface area contributed by atoms with Crippen molar-refractivity contribution in [1.29, 1.82) is 0 Å². The standard InChI is InChI=1S/C25H24N4O5/c1-31-20-7-5-6-17(23(20)34-4)25(30)29-16-10-8-15(9-11-16)28-24-18-12-21(32-2)22(33-3)13-19(18)26-14-27-24/h5-14H,1-4H3,(H,29,30)(H,26,27,28). The van der Waals surface area contributed by atoms with Gasteiger partial charge in [-0.15, -0.1) is 0 Å². The molecule has 0 fully saturated rings. The molecule has 0 aliphatic carbocycles. The minimum Gasteiger partial charge on any atom is -0.493 e. The molecule has 9 nitrogen and oxygen atoms in total. The highest BCUT2D eigenvalue weighted by atomic mass is 16.5. The maximum atomic E-state index is 12.8. The summed E-state index contributed by atoms with van der Waals surface area (Å²) in [4.78, 5) is 21.5. The van der Waals surface area contributed by atoms with Crippen molar-refractivity contribution >= 4 is 34.0 Å². The second-order valence-corrected chi connectivity index (χ2v) is 7.14. The Morgan fingerprint density at radius 2 is 1.44 bits per heavy atom. The zero-order chi connectivity index (χ0) is 24.1. The Kier molecular flexibility index (Phi) is 6.63. The van der Waals surface area contributed by atoms with Crippen LogP contribution in [0.5, 0.6) is 23.0 Å². The van der Waals surface area contributed by atoms with Crippen LogP contribution in [-0.2, 0) is 0 Å². The van der Waals surface area contributed by atoms with Gasteiger partial charge in [-0.3, -0.25) is 4.79 Å². The molecule has 1 amide bonds. The molecule has 4 aromatic rings. The number of nitrogens with one attached hydrogen (secondary N) is 2. The molecule has 9 heteroatoms. The summed E-state index contributed by atoms with van der Waals surface area (Å²) in [5.74, 6) is 2.35. The summed E-state index contributed by atoms with van der Waals surface area (Å²) in [5.41, 5.74) is 2.50. The first kappa shape index (κ1) is 22.7. The first-order chi connectivity index (χ1) is 16.6. The van der Waals surface area contributed by atoms with Crippen molar-refractivity contribution in [1.82, 2.24) is 9.97 Å². The Labute approximate surface area is 196 Å². The van der Waals surface area contributed by atoms with Crippen LogP contribution in [0.25, 0.3) is 10.9 Å². The van der Waals surface area contributed by atoms with Crippen LogP contribution in [0.4, 0.5) is 17.2 Å². The number of fused-ring (bicyclic) bond motifs is 1. The lowest BCUT2D eigenvalue weighted by atomic mass is 10.1. The summed E-state index contributed by atoms with van der Waals surface area (Å²) in [5, 5.41) is 6.94. The van der Waals surface area contributed by atoms with E-state index in [1.54, 1.807) is 50.6 Å². The number of methoxy groups -OCH3 is 4. The normalized spacial score (nSPS) is 10.5. The largest absolute Gasteiger partial charge is 0.493 e. The summed E-state index contributed by atoms with van der Waals surface area (Å²) in [6.07, 6.45) is 1.48. The van der Waals surface area contributed by atoms with Gasteiger partial charge in [-0.05, 0) is 42.5 Å².